The Labute approximate surface area is 82.4 Å². The minimum absolute atomic E-state index is 0.0521. The van der Waals surface area contributed by atoms with Crippen molar-refractivity contribution in [2.24, 2.45) is 0 Å². The van der Waals surface area contributed by atoms with Crippen molar-refractivity contribution in [1.29, 1.82) is 0 Å². The lowest BCUT2D eigenvalue weighted by molar-refractivity contribution is -0.133. The highest BCUT2D eigenvalue weighted by Crippen LogP contribution is 2.23. The quantitative estimate of drug-likeness (QED) is 0.760. The van der Waals surface area contributed by atoms with E-state index in [9.17, 15) is 4.79 Å². The zero-order valence-corrected chi connectivity index (χ0v) is 7.99. The number of nitrogens with one attached hydrogen (secondary N) is 1. The van der Waals surface area contributed by atoms with Crippen molar-refractivity contribution >= 4 is 11.6 Å². The van der Waals surface area contributed by atoms with Crippen LogP contribution in [0.1, 0.15) is 5.56 Å². The second-order valence-corrected chi connectivity index (χ2v) is 3.18. The molecule has 0 aromatic heterocycles. The summed E-state index contributed by atoms with van der Waals surface area (Å²) in [5.74, 6) is -0.0521. The minimum atomic E-state index is -0.0521. The molecule has 1 aliphatic rings. The number of fused-ring (bicyclic) bond motifs is 1. The molecule has 2 rings (SSSR count). The SMILES string of the molecule is COCC(=O)N1Cc2ccccc2N1. The molecule has 0 bridgehead atoms. The van der Waals surface area contributed by atoms with E-state index < -0.39 is 0 Å². The lowest BCUT2D eigenvalue weighted by Gasteiger charge is -2.15. The van der Waals surface area contributed by atoms with Crippen molar-refractivity contribution in [2.75, 3.05) is 19.1 Å². The fourth-order valence-corrected chi connectivity index (χ4v) is 1.47. The van der Waals surface area contributed by atoms with E-state index in [1.54, 1.807) is 5.01 Å². The number of anilines is 1. The number of para-hydroxylation sites is 1. The van der Waals surface area contributed by atoms with E-state index in [0.29, 0.717) is 6.54 Å². The molecular weight excluding hydrogens is 180 g/mol. The van der Waals surface area contributed by atoms with Crippen molar-refractivity contribution in [3.63, 3.8) is 0 Å². The summed E-state index contributed by atoms with van der Waals surface area (Å²) >= 11 is 0. The molecule has 1 aliphatic heterocycles. The number of carbonyl (C=O) groups excluding carboxylic acids is 1. The number of benzene rings is 1. The normalized spacial score (nSPS) is 13.6. The third-order valence-corrected chi connectivity index (χ3v) is 2.17. The van der Waals surface area contributed by atoms with E-state index in [1.165, 1.54) is 7.11 Å². The minimum Gasteiger partial charge on any atom is -0.375 e. The highest BCUT2D eigenvalue weighted by molar-refractivity contribution is 5.80. The Morgan fingerprint density at radius 1 is 1.57 bits per heavy atom. The van der Waals surface area contributed by atoms with Gasteiger partial charge in [-0.3, -0.25) is 10.2 Å². The maximum absolute atomic E-state index is 11.5. The van der Waals surface area contributed by atoms with Gasteiger partial charge >= 0.3 is 0 Å². The van der Waals surface area contributed by atoms with Crippen LogP contribution in [0.4, 0.5) is 5.69 Å². The van der Waals surface area contributed by atoms with E-state index in [-0.39, 0.29) is 12.5 Å². The molecule has 4 nitrogen and oxygen atoms in total. The van der Waals surface area contributed by atoms with Crippen molar-refractivity contribution < 1.29 is 9.53 Å². The number of ether oxygens (including phenoxy) is 1. The van der Waals surface area contributed by atoms with Crippen molar-refractivity contribution in [3.05, 3.63) is 29.8 Å². The first kappa shape index (κ1) is 9.02. The van der Waals surface area contributed by atoms with Crippen LogP contribution in [0.15, 0.2) is 24.3 Å². The van der Waals surface area contributed by atoms with Crippen LogP contribution in [-0.4, -0.2) is 24.6 Å². The van der Waals surface area contributed by atoms with Gasteiger partial charge in [0.05, 0.1) is 12.2 Å². The maximum Gasteiger partial charge on any atom is 0.267 e. The number of rotatable bonds is 2. The average Bonchev–Trinajstić information content (AvgIpc) is 2.61. The molecule has 74 valence electrons. The maximum atomic E-state index is 11.5. The van der Waals surface area contributed by atoms with E-state index in [2.05, 4.69) is 5.43 Å². The van der Waals surface area contributed by atoms with Crippen LogP contribution in [0.3, 0.4) is 0 Å². The van der Waals surface area contributed by atoms with Gasteiger partial charge in [-0.2, -0.15) is 0 Å². The molecule has 0 radical (unpaired) electrons. The lowest BCUT2D eigenvalue weighted by atomic mass is 10.2. The molecule has 1 amide bonds. The third-order valence-electron chi connectivity index (χ3n) is 2.17. The molecule has 1 N–H and O–H groups in total. The second-order valence-electron chi connectivity index (χ2n) is 3.18. The van der Waals surface area contributed by atoms with Crippen LogP contribution in [0.5, 0.6) is 0 Å². The average molecular weight is 192 g/mol. The summed E-state index contributed by atoms with van der Waals surface area (Å²) in [5.41, 5.74) is 5.16. The third kappa shape index (κ3) is 1.56. The van der Waals surface area contributed by atoms with Crippen LogP contribution in [0.25, 0.3) is 0 Å². The fourth-order valence-electron chi connectivity index (χ4n) is 1.47. The molecule has 1 heterocycles. The summed E-state index contributed by atoms with van der Waals surface area (Å²) < 4.78 is 4.78. The summed E-state index contributed by atoms with van der Waals surface area (Å²) in [6.45, 7) is 0.722. The molecule has 14 heavy (non-hydrogen) atoms. The van der Waals surface area contributed by atoms with E-state index >= 15 is 0 Å². The van der Waals surface area contributed by atoms with Gasteiger partial charge in [0.2, 0.25) is 0 Å². The van der Waals surface area contributed by atoms with Crippen molar-refractivity contribution in [2.45, 2.75) is 6.54 Å². The molecule has 1 aromatic carbocycles. The Balaban J connectivity index is 2.08. The van der Waals surface area contributed by atoms with Crippen molar-refractivity contribution in [3.8, 4) is 0 Å². The number of hydrazine groups is 1. The molecule has 0 spiro atoms. The predicted molar refractivity (Wildman–Crippen MR) is 52.5 cm³/mol. The zero-order chi connectivity index (χ0) is 9.97. The second kappa shape index (κ2) is 3.67. The molecule has 0 fully saturated rings. The highest BCUT2D eigenvalue weighted by Gasteiger charge is 2.21. The summed E-state index contributed by atoms with van der Waals surface area (Å²) in [7, 11) is 1.51. The Kier molecular flexibility index (Phi) is 2.37. The van der Waals surface area contributed by atoms with Gasteiger partial charge in [-0.15, -0.1) is 0 Å². The van der Waals surface area contributed by atoms with Crippen LogP contribution in [-0.2, 0) is 16.1 Å². The Bertz CT molecular complexity index is 327. The van der Waals surface area contributed by atoms with E-state index in [0.717, 1.165) is 11.3 Å². The lowest BCUT2D eigenvalue weighted by Crippen LogP contribution is -2.33. The number of amides is 1. The summed E-state index contributed by atoms with van der Waals surface area (Å²) in [4.78, 5) is 11.5. The van der Waals surface area contributed by atoms with Gasteiger partial charge in [0, 0.05) is 7.11 Å². The molecule has 1 aromatic rings. The first-order valence-corrected chi connectivity index (χ1v) is 4.45. The monoisotopic (exact) mass is 192 g/mol. The summed E-state index contributed by atoms with van der Waals surface area (Å²) in [6.07, 6.45) is 0. The molecule has 0 unspecified atom stereocenters. The molecule has 0 saturated carbocycles. The number of methoxy groups -OCH3 is 1. The molecular formula is C10H12N2O2. The van der Waals surface area contributed by atoms with Crippen molar-refractivity contribution in [1.82, 2.24) is 5.01 Å². The molecule has 0 saturated heterocycles. The number of nitrogens with zero attached hydrogens (tertiary/aromatic N) is 1. The largest absolute Gasteiger partial charge is 0.375 e. The Hall–Kier alpha value is -1.55. The molecule has 4 heteroatoms. The predicted octanol–water partition coefficient (Wildman–Crippen LogP) is 1.00. The van der Waals surface area contributed by atoms with Gasteiger partial charge in [0.25, 0.3) is 5.91 Å². The van der Waals surface area contributed by atoms with Gasteiger partial charge in [-0.05, 0) is 11.6 Å². The molecule has 0 aliphatic carbocycles. The van der Waals surface area contributed by atoms with Crippen LogP contribution < -0.4 is 5.43 Å². The smallest absolute Gasteiger partial charge is 0.267 e. The number of hydrogen-bond acceptors (Lipinski definition) is 3. The van der Waals surface area contributed by atoms with Gasteiger partial charge in [0.1, 0.15) is 6.61 Å². The van der Waals surface area contributed by atoms with Crippen LogP contribution in [0.2, 0.25) is 0 Å². The first-order valence-electron chi connectivity index (χ1n) is 4.45. The Morgan fingerprint density at radius 3 is 3.07 bits per heavy atom. The van der Waals surface area contributed by atoms with E-state index in [4.69, 9.17) is 4.74 Å². The zero-order valence-electron chi connectivity index (χ0n) is 7.99. The standard InChI is InChI=1S/C10H12N2O2/c1-14-7-10(13)12-6-8-4-2-3-5-9(8)11-12/h2-5,11H,6-7H2,1H3. The number of carbonyl (C=O) groups is 1. The van der Waals surface area contributed by atoms with Gasteiger partial charge in [0.15, 0.2) is 0 Å². The van der Waals surface area contributed by atoms with Gasteiger partial charge in [-0.25, -0.2) is 5.01 Å². The number of hydrogen-bond donors (Lipinski definition) is 1. The summed E-state index contributed by atoms with van der Waals surface area (Å²) in [6, 6.07) is 7.86. The highest BCUT2D eigenvalue weighted by atomic mass is 16.5. The van der Waals surface area contributed by atoms with Crippen LogP contribution >= 0.6 is 0 Å². The topological polar surface area (TPSA) is 41.6 Å². The van der Waals surface area contributed by atoms with Gasteiger partial charge < -0.3 is 4.74 Å². The van der Waals surface area contributed by atoms with E-state index in [1.807, 2.05) is 24.3 Å². The fraction of sp³-hybridized carbons (Fsp3) is 0.300. The Morgan fingerprint density at radius 2 is 2.36 bits per heavy atom. The van der Waals surface area contributed by atoms with Gasteiger partial charge in [-0.1, -0.05) is 18.2 Å². The first-order chi connectivity index (χ1) is 6.81. The van der Waals surface area contributed by atoms with Crippen LogP contribution in [0, 0.1) is 0 Å². The summed E-state index contributed by atoms with van der Waals surface area (Å²) in [5, 5.41) is 1.56. The molecule has 0 atom stereocenters.